The summed E-state index contributed by atoms with van der Waals surface area (Å²) in [5, 5.41) is 2.12. The van der Waals surface area contributed by atoms with Crippen LogP contribution >= 0.6 is 0 Å². The van der Waals surface area contributed by atoms with Crippen LogP contribution in [0.2, 0.25) is 0 Å². The summed E-state index contributed by atoms with van der Waals surface area (Å²) in [6.07, 6.45) is 4.88. The maximum absolute atomic E-state index is 11.3. The van der Waals surface area contributed by atoms with Gasteiger partial charge in [0.25, 0.3) is 0 Å². The van der Waals surface area contributed by atoms with Gasteiger partial charge < -0.3 is 14.8 Å². The maximum atomic E-state index is 11.3. The summed E-state index contributed by atoms with van der Waals surface area (Å²) in [7, 11) is 0. The zero-order valence-corrected chi connectivity index (χ0v) is 9.11. The van der Waals surface area contributed by atoms with Crippen LogP contribution in [0.15, 0.2) is 0 Å². The van der Waals surface area contributed by atoms with Crippen molar-refractivity contribution >= 4 is 17.8 Å². The molecule has 0 aromatic heterocycles. The number of hydrogen-bond donors (Lipinski definition) is 1. The molecule has 16 heavy (non-hydrogen) atoms. The van der Waals surface area contributed by atoms with E-state index in [1.807, 2.05) is 0 Å². The van der Waals surface area contributed by atoms with Gasteiger partial charge in [-0.2, -0.15) is 0 Å². The summed E-state index contributed by atoms with van der Waals surface area (Å²) < 4.78 is 9.13. The van der Waals surface area contributed by atoms with E-state index in [4.69, 9.17) is 6.42 Å². The summed E-state index contributed by atoms with van der Waals surface area (Å²) in [6, 6.07) is -1.47. The SMILES string of the molecule is C#CCOC(=O)C(NC(C)=O)C(=O)OCC. The molecule has 0 aliphatic carbocycles. The van der Waals surface area contributed by atoms with Crippen LogP contribution in [0.1, 0.15) is 13.8 Å². The Hall–Kier alpha value is -2.03. The second kappa shape index (κ2) is 7.29. The molecule has 1 amide bonds. The molecule has 88 valence electrons. The fraction of sp³-hybridized carbons (Fsp3) is 0.500. The van der Waals surface area contributed by atoms with Crippen LogP contribution in [0.4, 0.5) is 0 Å². The Morgan fingerprint density at radius 1 is 1.31 bits per heavy atom. The molecule has 0 rings (SSSR count). The first-order valence-electron chi connectivity index (χ1n) is 4.56. The fourth-order valence-electron chi connectivity index (χ4n) is 0.839. The van der Waals surface area contributed by atoms with E-state index < -0.39 is 23.9 Å². The molecule has 1 atom stereocenters. The van der Waals surface area contributed by atoms with Crippen LogP contribution in [-0.2, 0) is 23.9 Å². The third-order valence-electron chi connectivity index (χ3n) is 1.40. The van der Waals surface area contributed by atoms with E-state index in [0.29, 0.717) is 0 Å². The highest BCUT2D eigenvalue weighted by Crippen LogP contribution is 1.94. The molecule has 1 unspecified atom stereocenters. The van der Waals surface area contributed by atoms with E-state index >= 15 is 0 Å². The van der Waals surface area contributed by atoms with Crippen molar-refractivity contribution in [2.45, 2.75) is 19.9 Å². The lowest BCUT2D eigenvalue weighted by molar-refractivity contribution is -0.159. The number of hydrogen-bond acceptors (Lipinski definition) is 5. The number of carbonyl (C=O) groups is 3. The van der Waals surface area contributed by atoms with Crippen LogP contribution in [-0.4, -0.2) is 37.1 Å². The molecule has 0 saturated carbocycles. The predicted molar refractivity (Wildman–Crippen MR) is 54.0 cm³/mol. The van der Waals surface area contributed by atoms with Crippen molar-refractivity contribution in [2.24, 2.45) is 0 Å². The van der Waals surface area contributed by atoms with Gasteiger partial charge in [0.2, 0.25) is 11.9 Å². The molecule has 6 heteroatoms. The van der Waals surface area contributed by atoms with E-state index in [9.17, 15) is 14.4 Å². The molecular weight excluding hydrogens is 214 g/mol. The van der Waals surface area contributed by atoms with Crippen molar-refractivity contribution in [3.05, 3.63) is 0 Å². The zero-order chi connectivity index (χ0) is 12.6. The van der Waals surface area contributed by atoms with Gasteiger partial charge in [0.15, 0.2) is 6.61 Å². The highest BCUT2D eigenvalue weighted by Gasteiger charge is 2.30. The third-order valence-corrected chi connectivity index (χ3v) is 1.40. The molecule has 0 aliphatic heterocycles. The van der Waals surface area contributed by atoms with Crippen molar-refractivity contribution in [3.8, 4) is 12.3 Å². The van der Waals surface area contributed by atoms with E-state index in [2.05, 4.69) is 20.7 Å². The average molecular weight is 227 g/mol. The van der Waals surface area contributed by atoms with Crippen LogP contribution in [0, 0.1) is 12.3 Å². The summed E-state index contributed by atoms with van der Waals surface area (Å²) in [4.78, 5) is 33.4. The molecule has 0 spiro atoms. The first-order chi connectivity index (χ1) is 7.52. The highest BCUT2D eigenvalue weighted by molar-refractivity contribution is 6.02. The normalized spacial score (nSPS) is 10.8. The standard InChI is InChI=1S/C10H13NO5/c1-4-6-16-10(14)8(11-7(3)12)9(13)15-5-2/h1,8H,5-6H2,2-3H3,(H,11,12). The molecule has 0 aromatic rings. The summed E-state index contributed by atoms with van der Waals surface area (Å²) in [5.74, 6) is -0.289. The summed E-state index contributed by atoms with van der Waals surface area (Å²) in [5.41, 5.74) is 0. The van der Waals surface area contributed by atoms with Crippen LogP contribution < -0.4 is 5.32 Å². The van der Waals surface area contributed by atoms with Crippen molar-refractivity contribution in [1.29, 1.82) is 0 Å². The molecule has 0 radical (unpaired) electrons. The van der Waals surface area contributed by atoms with Gasteiger partial charge in [-0.25, -0.2) is 9.59 Å². The smallest absolute Gasteiger partial charge is 0.341 e. The Labute approximate surface area is 93.3 Å². The lowest BCUT2D eigenvalue weighted by Crippen LogP contribution is -2.47. The number of esters is 2. The van der Waals surface area contributed by atoms with Crippen LogP contribution in [0.5, 0.6) is 0 Å². The molecule has 1 N–H and O–H groups in total. The van der Waals surface area contributed by atoms with E-state index in [-0.39, 0.29) is 13.2 Å². The van der Waals surface area contributed by atoms with E-state index in [1.54, 1.807) is 6.92 Å². The third kappa shape index (κ3) is 5.00. The lowest BCUT2D eigenvalue weighted by atomic mass is 10.3. The number of ether oxygens (including phenoxy) is 2. The monoisotopic (exact) mass is 227 g/mol. The average Bonchev–Trinajstić information content (AvgIpc) is 2.22. The second-order valence-corrected chi connectivity index (χ2v) is 2.70. The quantitative estimate of drug-likeness (QED) is 0.379. The second-order valence-electron chi connectivity index (χ2n) is 2.70. The van der Waals surface area contributed by atoms with Gasteiger partial charge >= 0.3 is 11.9 Å². The minimum absolute atomic E-state index is 0.0946. The van der Waals surface area contributed by atoms with Gasteiger partial charge in [0, 0.05) is 6.92 Å². The molecule has 6 nitrogen and oxygen atoms in total. The Morgan fingerprint density at radius 2 is 1.88 bits per heavy atom. The fourth-order valence-corrected chi connectivity index (χ4v) is 0.839. The first kappa shape index (κ1) is 14.0. The zero-order valence-electron chi connectivity index (χ0n) is 9.11. The number of rotatable bonds is 5. The minimum Gasteiger partial charge on any atom is -0.464 e. The van der Waals surface area contributed by atoms with Gasteiger partial charge in [-0.3, -0.25) is 4.79 Å². The van der Waals surface area contributed by atoms with Crippen molar-refractivity contribution in [1.82, 2.24) is 5.32 Å². The minimum atomic E-state index is -1.47. The predicted octanol–water partition coefficient (Wildman–Crippen LogP) is -0.769. The van der Waals surface area contributed by atoms with Crippen molar-refractivity contribution in [3.63, 3.8) is 0 Å². The molecule has 0 aliphatic rings. The van der Waals surface area contributed by atoms with E-state index in [0.717, 1.165) is 0 Å². The van der Waals surface area contributed by atoms with Gasteiger partial charge in [0.1, 0.15) is 0 Å². The number of carbonyl (C=O) groups excluding carboxylic acids is 3. The maximum Gasteiger partial charge on any atom is 0.341 e. The van der Waals surface area contributed by atoms with Gasteiger partial charge in [-0.05, 0) is 6.92 Å². The van der Waals surface area contributed by atoms with Crippen LogP contribution in [0.3, 0.4) is 0 Å². The Morgan fingerprint density at radius 3 is 2.31 bits per heavy atom. The van der Waals surface area contributed by atoms with Gasteiger partial charge in [-0.15, -0.1) is 6.42 Å². The number of amides is 1. The highest BCUT2D eigenvalue weighted by atomic mass is 16.6. The van der Waals surface area contributed by atoms with Gasteiger partial charge in [-0.1, -0.05) is 5.92 Å². The largest absolute Gasteiger partial charge is 0.464 e. The Bertz CT molecular complexity index is 318. The lowest BCUT2D eigenvalue weighted by Gasteiger charge is -2.14. The summed E-state index contributed by atoms with van der Waals surface area (Å²) >= 11 is 0. The van der Waals surface area contributed by atoms with Crippen molar-refractivity contribution < 1.29 is 23.9 Å². The van der Waals surface area contributed by atoms with E-state index in [1.165, 1.54) is 6.92 Å². The van der Waals surface area contributed by atoms with Crippen LogP contribution in [0.25, 0.3) is 0 Å². The molecular formula is C10H13NO5. The topological polar surface area (TPSA) is 81.7 Å². The summed E-state index contributed by atoms with van der Waals surface area (Å²) in [6.45, 7) is 2.57. The molecule has 0 saturated heterocycles. The Kier molecular flexibility index (Phi) is 6.36. The molecule has 0 aromatic carbocycles. The molecule has 0 fully saturated rings. The van der Waals surface area contributed by atoms with Gasteiger partial charge in [0.05, 0.1) is 6.61 Å². The first-order valence-corrected chi connectivity index (χ1v) is 4.56. The Balaban J connectivity index is 4.53. The number of terminal acetylenes is 1. The molecule has 0 heterocycles. The van der Waals surface area contributed by atoms with Crippen molar-refractivity contribution in [2.75, 3.05) is 13.2 Å². The number of nitrogens with one attached hydrogen (secondary N) is 1. The molecule has 0 bridgehead atoms.